The SMILES string of the molecule is C=CCC(=O)O[C@H]1CC[C@@]2(C)[C@@H](CC[C@@H]3[C@@H]2CC[C@@]2(C)[C@H]3CC[C@@]2(O)C#Cc2ccc(C#C[C@]3(O)CC[C@H]4[C@@H]5CC[C@H]6C[C@@H](OC(=O)CC=C)CC[C@]6(C)[C@H]5CC[C@@]43C)cc2)C1. The maximum absolute atomic E-state index is 12.4. The summed E-state index contributed by atoms with van der Waals surface area (Å²) in [6.45, 7) is 17.1. The molecule has 1 aromatic rings. The summed E-state index contributed by atoms with van der Waals surface area (Å²) in [7, 11) is 0. The average molecular weight is 843 g/mol. The summed E-state index contributed by atoms with van der Waals surface area (Å²) in [5, 5.41) is 24.7. The van der Waals surface area contributed by atoms with E-state index in [0.29, 0.717) is 47.3 Å². The lowest BCUT2D eigenvalue weighted by Crippen LogP contribution is -2.56. The summed E-state index contributed by atoms with van der Waals surface area (Å²) in [4.78, 5) is 24.5. The van der Waals surface area contributed by atoms with Gasteiger partial charge in [-0.2, -0.15) is 0 Å². The normalized spacial score (nSPS) is 46.2. The Labute approximate surface area is 372 Å². The van der Waals surface area contributed by atoms with Crippen LogP contribution in [0.1, 0.15) is 167 Å². The zero-order valence-electron chi connectivity index (χ0n) is 38.3. The molecule has 0 radical (unpaired) electrons. The van der Waals surface area contributed by atoms with E-state index in [1.54, 1.807) is 12.2 Å². The summed E-state index contributed by atoms with van der Waals surface area (Å²) in [5.41, 5.74) is -0.170. The van der Waals surface area contributed by atoms with Gasteiger partial charge in [-0.1, -0.05) is 63.5 Å². The van der Waals surface area contributed by atoms with Crippen molar-refractivity contribution in [2.45, 2.75) is 180 Å². The lowest BCUT2D eigenvalue weighted by atomic mass is 9.44. The van der Waals surface area contributed by atoms with Crippen LogP contribution in [-0.2, 0) is 19.1 Å². The third-order valence-corrected chi connectivity index (χ3v) is 20.5. The van der Waals surface area contributed by atoms with Crippen molar-refractivity contribution in [3.8, 4) is 23.7 Å². The van der Waals surface area contributed by atoms with Crippen molar-refractivity contribution >= 4 is 11.9 Å². The molecule has 0 amide bonds. The highest BCUT2D eigenvalue weighted by molar-refractivity contribution is 5.71. The van der Waals surface area contributed by atoms with Crippen molar-refractivity contribution < 1.29 is 29.3 Å². The molecule has 16 atom stereocenters. The largest absolute Gasteiger partial charge is 0.462 e. The number of rotatable bonds is 6. The van der Waals surface area contributed by atoms with E-state index in [2.05, 4.69) is 64.5 Å². The molecule has 2 N–H and O–H groups in total. The fraction of sp³-hybridized carbons (Fsp3) is 0.714. The van der Waals surface area contributed by atoms with E-state index in [1.165, 1.54) is 25.7 Å². The first-order valence-electron chi connectivity index (χ1n) is 24.8. The Morgan fingerprint density at radius 3 is 1.35 bits per heavy atom. The van der Waals surface area contributed by atoms with Crippen LogP contribution in [0.3, 0.4) is 0 Å². The first-order valence-corrected chi connectivity index (χ1v) is 24.8. The van der Waals surface area contributed by atoms with Crippen molar-refractivity contribution in [3.63, 3.8) is 0 Å². The van der Waals surface area contributed by atoms with Crippen LogP contribution in [0.5, 0.6) is 0 Å². The van der Waals surface area contributed by atoms with Crippen molar-refractivity contribution in [1.82, 2.24) is 0 Å². The maximum Gasteiger partial charge on any atom is 0.309 e. The lowest BCUT2D eigenvalue weighted by molar-refractivity contribution is -0.165. The second-order valence-electron chi connectivity index (χ2n) is 22.9. The van der Waals surface area contributed by atoms with Crippen LogP contribution in [0.15, 0.2) is 49.6 Å². The van der Waals surface area contributed by atoms with Gasteiger partial charge in [0.25, 0.3) is 0 Å². The molecule has 0 aromatic heterocycles. The standard InChI is InChI=1S/C56H74O6/c1-7-9-49(57)61-41-21-27-51(3)39(35-41)15-17-43-45(51)23-29-53(5)47(43)25-33-55(53,59)31-19-37-11-13-38(14-12-37)20-32-56(60)34-26-48-44-18-16-40-36-42(62-50(58)10-8-2)22-28-52(40,4)46(44)24-30-54(48,56)6/h7-8,11-14,39-48,59-60H,1-2,9-10,15-18,21-30,33-36H2,3-6H3/t39-,40-,41-,42-,43+,44+,45-,46-,47-,48-,51-,52-,53-,54-,55-,56-/m0/s1. The molecule has 8 aliphatic rings. The van der Waals surface area contributed by atoms with Gasteiger partial charge in [-0.15, -0.1) is 13.2 Å². The zero-order chi connectivity index (χ0) is 43.7. The number of aliphatic hydroxyl groups is 2. The Kier molecular flexibility index (Phi) is 11.5. The van der Waals surface area contributed by atoms with Gasteiger partial charge in [0.05, 0.1) is 12.8 Å². The van der Waals surface area contributed by atoms with Gasteiger partial charge in [0.1, 0.15) is 23.4 Å². The van der Waals surface area contributed by atoms with Gasteiger partial charge in [-0.25, -0.2) is 0 Å². The number of fused-ring (bicyclic) bond motifs is 10. The van der Waals surface area contributed by atoms with Crippen molar-refractivity contribution in [2.24, 2.45) is 69.0 Å². The van der Waals surface area contributed by atoms with Crippen LogP contribution in [0, 0.1) is 92.7 Å². The second-order valence-corrected chi connectivity index (χ2v) is 22.9. The predicted octanol–water partition coefficient (Wildman–Crippen LogP) is 10.9. The first-order chi connectivity index (χ1) is 29.6. The fourth-order valence-electron chi connectivity index (χ4n) is 16.8. The van der Waals surface area contributed by atoms with E-state index >= 15 is 0 Å². The average Bonchev–Trinajstić information content (AvgIpc) is 3.68. The van der Waals surface area contributed by atoms with Crippen molar-refractivity contribution in [2.75, 3.05) is 0 Å². The monoisotopic (exact) mass is 843 g/mol. The number of benzene rings is 1. The number of ether oxygens (including phenoxy) is 2. The molecule has 62 heavy (non-hydrogen) atoms. The number of hydrogen-bond donors (Lipinski definition) is 2. The van der Waals surface area contributed by atoms with E-state index in [-0.39, 0.29) is 58.6 Å². The second kappa shape index (κ2) is 16.3. The molecular formula is C56H74O6. The third kappa shape index (κ3) is 7.16. The van der Waals surface area contributed by atoms with Crippen LogP contribution >= 0.6 is 0 Å². The molecule has 0 heterocycles. The number of carbonyl (C=O) groups is 2. The minimum Gasteiger partial charge on any atom is -0.462 e. The molecule has 334 valence electrons. The highest BCUT2D eigenvalue weighted by atomic mass is 16.5. The Hall–Kier alpha value is -3.32. The summed E-state index contributed by atoms with van der Waals surface area (Å²) in [6, 6.07) is 8.12. The summed E-state index contributed by atoms with van der Waals surface area (Å²) in [6.07, 6.45) is 22.5. The lowest BCUT2D eigenvalue weighted by Gasteiger charge is -2.61. The minimum absolute atomic E-state index is 0.0320. The molecule has 0 spiro atoms. The van der Waals surface area contributed by atoms with Crippen molar-refractivity contribution in [3.05, 3.63) is 60.7 Å². The van der Waals surface area contributed by atoms with Gasteiger partial charge in [0.2, 0.25) is 0 Å². The molecule has 0 saturated heterocycles. The zero-order valence-corrected chi connectivity index (χ0v) is 38.3. The predicted molar refractivity (Wildman–Crippen MR) is 243 cm³/mol. The Bertz CT molecular complexity index is 1900. The smallest absolute Gasteiger partial charge is 0.309 e. The molecule has 6 heteroatoms. The molecule has 8 saturated carbocycles. The molecule has 1 aromatic carbocycles. The minimum atomic E-state index is -1.01. The summed E-state index contributed by atoms with van der Waals surface area (Å²) < 4.78 is 11.7. The van der Waals surface area contributed by atoms with Crippen LogP contribution in [0.4, 0.5) is 0 Å². The van der Waals surface area contributed by atoms with E-state index in [1.807, 2.05) is 24.3 Å². The van der Waals surface area contributed by atoms with Gasteiger partial charge in [-0.3, -0.25) is 9.59 Å². The van der Waals surface area contributed by atoms with Crippen LogP contribution in [0.25, 0.3) is 0 Å². The van der Waals surface area contributed by atoms with E-state index in [9.17, 15) is 19.8 Å². The highest BCUT2D eigenvalue weighted by Crippen LogP contribution is 2.70. The highest BCUT2D eigenvalue weighted by Gasteiger charge is 2.66. The molecule has 8 fully saturated rings. The molecular weight excluding hydrogens is 769 g/mol. The molecule has 8 aliphatic carbocycles. The Balaban J connectivity index is 0.829. The number of carbonyl (C=O) groups excluding carboxylic acids is 2. The van der Waals surface area contributed by atoms with Gasteiger partial charge in [-0.05, 0) is 198 Å². The molecule has 6 nitrogen and oxygen atoms in total. The van der Waals surface area contributed by atoms with Crippen LogP contribution < -0.4 is 0 Å². The molecule has 0 aliphatic heterocycles. The third-order valence-electron chi connectivity index (χ3n) is 20.5. The molecule has 0 unspecified atom stereocenters. The van der Waals surface area contributed by atoms with Gasteiger partial charge in [0.15, 0.2) is 0 Å². The van der Waals surface area contributed by atoms with E-state index in [0.717, 1.165) is 101 Å². The van der Waals surface area contributed by atoms with Crippen LogP contribution in [0.2, 0.25) is 0 Å². The Morgan fingerprint density at radius 2 is 0.968 bits per heavy atom. The molecule has 9 rings (SSSR count). The topological polar surface area (TPSA) is 93.1 Å². The van der Waals surface area contributed by atoms with Gasteiger partial charge in [0, 0.05) is 22.0 Å². The van der Waals surface area contributed by atoms with Crippen LogP contribution in [-0.4, -0.2) is 45.6 Å². The fourth-order valence-corrected chi connectivity index (χ4v) is 16.8. The summed E-state index contributed by atoms with van der Waals surface area (Å²) >= 11 is 0. The molecule has 0 bridgehead atoms. The number of esters is 2. The van der Waals surface area contributed by atoms with Gasteiger partial charge < -0.3 is 19.7 Å². The first kappa shape index (κ1) is 43.9. The number of hydrogen-bond acceptors (Lipinski definition) is 6. The quantitative estimate of drug-likeness (QED) is 0.168. The van der Waals surface area contributed by atoms with E-state index < -0.39 is 11.2 Å². The maximum atomic E-state index is 12.4. The summed E-state index contributed by atoms with van der Waals surface area (Å²) in [5.74, 6) is 18.1. The Morgan fingerprint density at radius 1 is 0.581 bits per heavy atom. The van der Waals surface area contributed by atoms with Gasteiger partial charge >= 0.3 is 11.9 Å². The van der Waals surface area contributed by atoms with E-state index in [4.69, 9.17) is 9.47 Å². The van der Waals surface area contributed by atoms with Crippen molar-refractivity contribution in [1.29, 1.82) is 0 Å².